The number of para-hydroxylation sites is 1. The third kappa shape index (κ3) is 2.83. The normalized spacial score (nSPS) is 27.3. The molecule has 4 rings (SSSR count). The van der Waals surface area contributed by atoms with E-state index in [0.29, 0.717) is 18.4 Å². The first-order chi connectivity index (χ1) is 13.1. The number of hydrogen-bond acceptors (Lipinski definition) is 3. The van der Waals surface area contributed by atoms with Crippen molar-refractivity contribution in [2.75, 3.05) is 30.8 Å². The fraction of sp³-hybridized carbons (Fsp3) is 0.435. The highest BCUT2D eigenvalue weighted by Gasteiger charge is 2.50. The van der Waals surface area contributed by atoms with E-state index in [-0.39, 0.29) is 5.41 Å². The van der Waals surface area contributed by atoms with Crippen LogP contribution in [0, 0.1) is 5.41 Å². The summed E-state index contributed by atoms with van der Waals surface area (Å²) in [6.07, 6.45) is 2.00. The lowest BCUT2D eigenvalue weighted by molar-refractivity contribution is 0.320. The maximum Gasteiger partial charge on any atom is 0.108 e. The van der Waals surface area contributed by atoms with Gasteiger partial charge in [-0.3, -0.25) is 4.99 Å². The number of amidine groups is 1. The van der Waals surface area contributed by atoms with Gasteiger partial charge in [0.05, 0.1) is 0 Å². The molecule has 4 N–H and O–H groups in total. The second-order valence-corrected chi connectivity index (χ2v) is 8.10. The first-order valence-electron chi connectivity index (χ1n) is 10.0. The zero-order chi connectivity index (χ0) is 19.0. The van der Waals surface area contributed by atoms with Gasteiger partial charge in [0.1, 0.15) is 5.84 Å². The summed E-state index contributed by atoms with van der Waals surface area (Å²) in [6.45, 7) is 6.19. The Labute approximate surface area is 162 Å². The molecule has 0 aromatic heterocycles. The second kappa shape index (κ2) is 7.01. The van der Waals surface area contributed by atoms with E-state index in [2.05, 4.69) is 66.9 Å². The molecule has 0 fully saturated rings. The molecule has 0 saturated heterocycles. The van der Waals surface area contributed by atoms with Crippen LogP contribution in [0.1, 0.15) is 55.2 Å². The molecule has 0 spiro atoms. The van der Waals surface area contributed by atoms with Gasteiger partial charge >= 0.3 is 0 Å². The highest BCUT2D eigenvalue weighted by molar-refractivity contribution is 6.04. The Hall–Kier alpha value is -2.33. The van der Waals surface area contributed by atoms with Crippen LogP contribution in [-0.4, -0.2) is 26.0 Å². The molecule has 2 aliphatic rings. The van der Waals surface area contributed by atoms with Crippen molar-refractivity contribution < 1.29 is 0 Å². The van der Waals surface area contributed by atoms with E-state index < -0.39 is 0 Å². The molecule has 0 amide bonds. The molecule has 27 heavy (non-hydrogen) atoms. The molecular weight excluding hydrogens is 332 g/mol. The molecule has 4 nitrogen and oxygen atoms in total. The molecule has 0 radical (unpaired) electrons. The van der Waals surface area contributed by atoms with Crippen molar-refractivity contribution in [2.45, 2.75) is 38.5 Å². The number of aliphatic imine (C=N–C) groups is 1. The Morgan fingerprint density at radius 3 is 2.74 bits per heavy atom. The number of nitrogens with one attached hydrogen (secondary N) is 2. The van der Waals surface area contributed by atoms with Crippen molar-refractivity contribution in [3.05, 3.63) is 59.2 Å². The first kappa shape index (κ1) is 18.1. The minimum Gasteiger partial charge on any atom is -0.388 e. The van der Waals surface area contributed by atoms with Crippen LogP contribution in [0.3, 0.4) is 0 Å². The Morgan fingerprint density at radius 1 is 1.19 bits per heavy atom. The minimum absolute atomic E-state index is 0.0399. The number of anilines is 2. The van der Waals surface area contributed by atoms with Crippen LogP contribution in [0.15, 0.2) is 47.5 Å². The fourth-order valence-corrected chi connectivity index (χ4v) is 5.18. The third-order valence-electron chi connectivity index (χ3n) is 6.28. The van der Waals surface area contributed by atoms with Crippen molar-refractivity contribution in [3.8, 4) is 0 Å². The Bertz CT molecular complexity index is 872. The molecule has 3 atom stereocenters. The SMILES string of the molecule is CNc1cccc2c1C(C)C[C@]1(C)C(=NCCCN)Nc3ccccc3[C@H]21. The summed E-state index contributed by atoms with van der Waals surface area (Å²) >= 11 is 0. The summed E-state index contributed by atoms with van der Waals surface area (Å²) < 4.78 is 0. The topological polar surface area (TPSA) is 62.4 Å². The summed E-state index contributed by atoms with van der Waals surface area (Å²) in [5, 5.41) is 7.08. The lowest BCUT2D eigenvalue weighted by atomic mass is 9.57. The van der Waals surface area contributed by atoms with Gasteiger partial charge in [-0.05, 0) is 54.1 Å². The zero-order valence-corrected chi connectivity index (χ0v) is 16.5. The largest absolute Gasteiger partial charge is 0.388 e. The standard InChI is InChI=1S/C23H30N4/c1-15-14-23(2)21(17-9-6-11-19(25-3)20(15)17)16-8-4-5-10-18(16)27-22(23)26-13-7-12-24/h4-6,8-11,15,21,25H,7,12-14,24H2,1-3H3,(H,26,27)/t15?,21-,23+/m1/s1. The van der Waals surface area contributed by atoms with Gasteiger partial charge in [-0.25, -0.2) is 0 Å². The third-order valence-corrected chi connectivity index (χ3v) is 6.28. The van der Waals surface area contributed by atoms with Crippen molar-refractivity contribution in [1.29, 1.82) is 0 Å². The summed E-state index contributed by atoms with van der Waals surface area (Å²) in [5.74, 6) is 1.90. The van der Waals surface area contributed by atoms with E-state index in [4.69, 9.17) is 10.7 Å². The molecular formula is C23H30N4. The average molecular weight is 363 g/mol. The van der Waals surface area contributed by atoms with Gasteiger partial charge in [0.25, 0.3) is 0 Å². The van der Waals surface area contributed by atoms with Crippen molar-refractivity contribution in [3.63, 3.8) is 0 Å². The van der Waals surface area contributed by atoms with Gasteiger partial charge in [0.15, 0.2) is 0 Å². The molecule has 2 aromatic rings. The van der Waals surface area contributed by atoms with Crippen LogP contribution in [-0.2, 0) is 0 Å². The molecule has 0 bridgehead atoms. The Balaban J connectivity index is 1.93. The summed E-state index contributed by atoms with van der Waals surface area (Å²) in [6, 6.07) is 15.4. The van der Waals surface area contributed by atoms with Crippen molar-refractivity contribution >= 4 is 17.2 Å². The molecule has 1 unspecified atom stereocenters. The van der Waals surface area contributed by atoms with E-state index >= 15 is 0 Å². The minimum atomic E-state index is -0.0399. The molecule has 1 heterocycles. The second-order valence-electron chi connectivity index (χ2n) is 8.10. The number of rotatable bonds is 4. The van der Waals surface area contributed by atoms with Crippen LogP contribution in [0.2, 0.25) is 0 Å². The molecule has 1 aliphatic carbocycles. The maximum absolute atomic E-state index is 5.71. The van der Waals surface area contributed by atoms with Crippen LogP contribution in [0.5, 0.6) is 0 Å². The number of nitrogens with zero attached hydrogens (tertiary/aromatic N) is 1. The van der Waals surface area contributed by atoms with Crippen LogP contribution >= 0.6 is 0 Å². The van der Waals surface area contributed by atoms with Crippen molar-refractivity contribution in [1.82, 2.24) is 0 Å². The molecule has 4 heteroatoms. The lowest BCUT2D eigenvalue weighted by Gasteiger charge is -2.50. The number of benzene rings is 2. The van der Waals surface area contributed by atoms with E-state index in [1.807, 2.05) is 7.05 Å². The molecule has 2 aromatic carbocycles. The van der Waals surface area contributed by atoms with E-state index in [1.165, 1.54) is 28.1 Å². The van der Waals surface area contributed by atoms with Gasteiger partial charge in [0, 0.05) is 36.3 Å². The van der Waals surface area contributed by atoms with Crippen LogP contribution < -0.4 is 16.4 Å². The van der Waals surface area contributed by atoms with Gasteiger partial charge in [-0.1, -0.05) is 44.2 Å². The number of fused-ring (bicyclic) bond motifs is 5. The predicted octanol–water partition coefficient (Wildman–Crippen LogP) is 4.55. The summed E-state index contributed by atoms with van der Waals surface area (Å²) in [4.78, 5) is 4.99. The molecule has 1 aliphatic heterocycles. The van der Waals surface area contributed by atoms with E-state index in [9.17, 15) is 0 Å². The molecule has 142 valence electrons. The van der Waals surface area contributed by atoms with Gasteiger partial charge in [-0.15, -0.1) is 0 Å². The van der Waals surface area contributed by atoms with Crippen molar-refractivity contribution in [2.24, 2.45) is 16.1 Å². The van der Waals surface area contributed by atoms with Crippen LogP contribution in [0.4, 0.5) is 11.4 Å². The Kier molecular flexibility index (Phi) is 4.68. The summed E-state index contributed by atoms with van der Waals surface area (Å²) in [5.41, 5.74) is 12.4. The fourth-order valence-electron chi connectivity index (χ4n) is 5.18. The van der Waals surface area contributed by atoms with Gasteiger partial charge in [0.2, 0.25) is 0 Å². The van der Waals surface area contributed by atoms with Gasteiger partial charge < -0.3 is 16.4 Å². The van der Waals surface area contributed by atoms with E-state index in [1.54, 1.807) is 0 Å². The average Bonchev–Trinajstić information content (AvgIpc) is 2.67. The highest BCUT2D eigenvalue weighted by Crippen LogP contribution is 2.58. The van der Waals surface area contributed by atoms with E-state index in [0.717, 1.165) is 25.2 Å². The quantitative estimate of drug-likeness (QED) is 0.699. The Morgan fingerprint density at radius 2 is 1.96 bits per heavy atom. The smallest absolute Gasteiger partial charge is 0.108 e. The maximum atomic E-state index is 5.71. The zero-order valence-electron chi connectivity index (χ0n) is 16.5. The predicted molar refractivity (Wildman–Crippen MR) is 115 cm³/mol. The number of nitrogens with two attached hydrogens (primary N) is 1. The molecule has 0 saturated carbocycles. The first-order valence-corrected chi connectivity index (χ1v) is 10.0. The highest BCUT2D eigenvalue weighted by atomic mass is 15.0. The van der Waals surface area contributed by atoms with Crippen LogP contribution in [0.25, 0.3) is 0 Å². The lowest BCUT2D eigenvalue weighted by Crippen LogP contribution is -2.47. The monoisotopic (exact) mass is 362 g/mol. The summed E-state index contributed by atoms with van der Waals surface area (Å²) in [7, 11) is 2.02. The van der Waals surface area contributed by atoms with Gasteiger partial charge in [-0.2, -0.15) is 0 Å². The number of hydrogen-bond donors (Lipinski definition) is 3.